The van der Waals surface area contributed by atoms with Gasteiger partial charge in [0.05, 0.1) is 5.52 Å². The fraction of sp³-hybridized carbons (Fsp3) is 0.222. The smallest absolute Gasteiger partial charge is 0.162 e. The average Bonchev–Trinajstić information content (AvgIpc) is 3.20. The van der Waals surface area contributed by atoms with E-state index in [1.807, 2.05) is 0 Å². The number of ketones is 1. The lowest BCUT2D eigenvalue weighted by Crippen LogP contribution is -2.35. The van der Waals surface area contributed by atoms with Gasteiger partial charge in [-0.3, -0.25) is 4.79 Å². The molecule has 3 aromatic carbocycles. The second-order valence-corrected chi connectivity index (χ2v) is 8.54. The highest BCUT2D eigenvalue weighted by Crippen LogP contribution is 2.36. The van der Waals surface area contributed by atoms with Crippen LogP contribution in [0, 0.1) is 17.5 Å². The van der Waals surface area contributed by atoms with Gasteiger partial charge in [0.1, 0.15) is 17.5 Å². The van der Waals surface area contributed by atoms with Crippen LogP contribution in [0.1, 0.15) is 40.9 Å². The molecule has 1 unspecified atom stereocenters. The minimum atomic E-state index is -0.355. The zero-order chi connectivity index (χ0) is 22.9. The molecule has 0 saturated heterocycles. The van der Waals surface area contributed by atoms with E-state index in [1.165, 1.54) is 42.5 Å². The number of carbonyl (C=O) groups excluding carboxylic acids is 1. The lowest BCUT2D eigenvalue weighted by Gasteiger charge is -2.24. The lowest BCUT2D eigenvalue weighted by atomic mass is 9.93. The molecule has 7 heteroatoms. The average molecular weight is 485 g/mol. The topological polar surface area (TPSA) is 44.9 Å². The largest absolute Gasteiger partial charge is 0.356 e. The molecule has 34 heavy (non-hydrogen) atoms. The summed E-state index contributed by atoms with van der Waals surface area (Å²) in [5.74, 6) is -0.975. The van der Waals surface area contributed by atoms with Gasteiger partial charge in [0.2, 0.25) is 0 Å². The predicted molar refractivity (Wildman–Crippen MR) is 130 cm³/mol. The maximum atomic E-state index is 14.6. The molecule has 0 spiro atoms. The SMILES string of the molecule is Cl.O=C(CCCC1Cc2[nH]c3c(F)ccc(-c4ccc(F)cc4)c3c2CN1)c1ccc(F)cc1. The van der Waals surface area contributed by atoms with Crippen LogP contribution in [-0.2, 0) is 13.0 Å². The number of H-pyrrole nitrogens is 1. The molecule has 1 atom stereocenters. The second kappa shape index (κ2) is 10.0. The van der Waals surface area contributed by atoms with Crippen molar-refractivity contribution in [3.8, 4) is 11.1 Å². The molecule has 0 aliphatic carbocycles. The number of Topliss-reactive ketones (excluding diaryl/α,β-unsaturated/α-hetero) is 1. The summed E-state index contributed by atoms with van der Waals surface area (Å²) in [7, 11) is 0. The van der Waals surface area contributed by atoms with Crippen molar-refractivity contribution in [3.63, 3.8) is 0 Å². The molecule has 2 heterocycles. The Kier molecular flexibility index (Phi) is 7.10. The van der Waals surface area contributed by atoms with Crippen molar-refractivity contribution in [2.24, 2.45) is 0 Å². The number of hydrogen-bond acceptors (Lipinski definition) is 2. The Morgan fingerprint density at radius 2 is 1.59 bits per heavy atom. The van der Waals surface area contributed by atoms with Crippen LogP contribution in [-0.4, -0.2) is 16.8 Å². The van der Waals surface area contributed by atoms with Crippen molar-refractivity contribution >= 4 is 29.1 Å². The summed E-state index contributed by atoms with van der Waals surface area (Å²) in [6.07, 6.45) is 2.61. The molecular weight excluding hydrogens is 461 g/mol. The Balaban J connectivity index is 0.00000274. The summed E-state index contributed by atoms with van der Waals surface area (Å²) in [6.45, 7) is 0.587. The van der Waals surface area contributed by atoms with E-state index < -0.39 is 0 Å². The number of hydrogen-bond donors (Lipinski definition) is 2. The van der Waals surface area contributed by atoms with E-state index in [0.717, 1.165) is 34.2 Å². The molecule has 2 N–H and O–H groups in total. The van der Waals surface area contributed by atoms with Crippen LogP contribution in [0.5, 0.6) is 0 Å². The van der Waals surface area contributed by atoms with Crippen molar-refractivity contribution in [1.82, 2.24) is 10.3 Å². The van der Waals surface area contributed by atoms with Gasteiger partial charge in [-0.25, -0.2) is 13.2 Å². The molecular formula is C27H24ClF3N2O. The second-order valence-electron chi connectivity index (χ2n) is 8.54. The van der Waals surface area contributed by atoms with Crippen LogP contribution >= 0.6 is 12.4 Å². The van der Waals surface area contributed by atoms with Crippen LogP contribution in [0.15, 0.2) is 60.7 Å². The van der Waals surface area contributed by atoms with E-state index in [4.69, 9.17) is 0 Å². The van der Waals surface area contributed by atoms with Crippen LogP contribution < -0.4 is 5.32 Å². The number of fused-ring (bicyclic) bond motifs is 3. The van der Waals surface area contributed by atoms with Gasteiger partial charge in [-0.1, -0.05) is 18.2 Å². The first-order valence-corrected chi connectivity index (χ1v) is 11.1. The van der Waals surface area contributed by atoms with Crippen LogP contribution in [0.4, 0.5) is 13.2 Å². The van der Waals surface area contributed by atoms with Gasteiger partial charge < -0.3 is 10.3 Å². The molecule has 1 aliphatic rings. The number of rotatable bonds is 6. The molecule has 1 aliphatic heterocycles. The van der Waals surface area contributed by atoms with E-state index in [1.54, 1.807) is 18.2 Å². The number of benzene rings is 3. The normalized spacial score (nSPS) is 15.1. The number of carbonyl (C=O) groups is 1. The van der Waals surface area contributed by atoms with Gasteiger partial charge in [0.15, 0.2) is 5.78 Å². The highest BCUT2D eigenvalue weighted by atomic mass is 35.5. The molecule has 4 aromatic rings. The fourth-order valence-electron chi connectivity index (χ4n) is 4.69. The Hall–Kier alpha value is -3.09. The molecule has 3 nitrogen and oxygen atoms in total. The Morgan fingerprint density at radius 1 is 0.912 bits per heavy atom. The summed E-state index contributed by atoms with van der Waals surface area (Å²) in [4.78, 5) is 15.6. The molecule has 1 aromatic heterocycles. The summed E-state index contributed by atoms with van der Waals surface area (Å²) in [6, 6.07) is 15.2. The number of aromatic nitrogens is 1. The minimum absolute atomic E-state index is 0. The lowest BCUT2D eigenvalue weighted by molar-refractivity contribution is 0.0978. The molecule has 176 valence electrons. The number of nitrogens with one attached hydrogen (secondary N) is 2. The van der Waals surface area contributed by atoms with Crippen LogP contribution in [0.2, 0.25) is 0 Å². The van der Waals surface area contributed by atoms with E-state index in [-0.39, 0.29) is 41.7 Å². The van der Waals surface area contributed by atoms with Gasteiger partial charge in [-0.2, -0.15) is 0 Å². The summed E-state index contributed by atoms with van der Waals surface area (Å²) in [5.41, 5.74) is 4.72. The van der Waals surface area contributed by atoms with E-state index in [9.17, 15) is 18.0 Å². The first-order chi connectivity index (χ1) is 16.0. The highest BCUT2D eigenvalue weighted by molar-refractivity contribution is 5.99. The first kappa shape index (κ1) is 24.0. The van der Waals surface area contributed by atoms with Gasteiger partial charge in [-0.15, -0.1) is 12.4 Å². The van der Waals surface area contributed by atoms with Gasteiger partial charge in [0, 0.05) is 42.1 Å². The predicted octanol–water partition coefficient (Wildman–Crippen LogP) is 6.74. The van der Waals surface area contributed by atoms with E-state index in [2.05, 4.69) is 10.3 Å². The van der Waals surface area contributed by atoms with Crippen molar-refractivity contribution in [3.05, 3.63) is 94.9 Å². The third-order valence-electron chi connectivity index (χ3n) is 6.39. The van der Waals surface area contributed by atoms with Crippen molar-refractivity contribution in [1.29, 1.82) is 0 Å². The summed E-state index contributed by atoms with van der Waals surface area (Å²) < 4.78 is 41.1. The quantitative estimate of drug-likeness (QED) is 0.298. The molecule has 0 bridgehead atoms. The summed E-state index contributed by atoms with van der Waals surface area (Å²) in [5, 5.41) is 4.35. The highest BCUT2D eigenvalue weighted by Gasteiger charge is 2.25. The zero-order valence-electron chi connectivity index (χ0n) is 18.3. The van der Waals surface area contributed by atoms with Crippen molar-refractivity contribution in [2.75, 3.05) is 0 Å². The number of aromatic amines is 1. The third kappa shape index (κ3) is 4.74. The van der Waals surface area contributed by atoms with E-state index in [0.29, 0.717) is 36.9 Å². The van der Waals surface area contributed by atoms with Gasteiger partial charge in [-0.05, 0) is 72.0 Å². The first-order valence-electron chi connectivity index (χ1n) is 11.1. The van der Waals surface area contributed by atoms with Crippen LogP contribution in [0.3, 0.4) is 0 Å². The Labute approximate surface area is 201 Å². The minimum Gasteiger partial charge on any atom is -0.356 e. The number of halogens is 4. The van der Waals surface area contributed by atoms with Gasteiger partial charge >= 0.3 is 0 Å². The maximum absolute atomic E-state index is 14.6. The standard InChI is InChI=1S/C27H23F3N2O.ClH/c28-18-8-4-16(5-9-18)21-12-13-23(30)27-26(21)22-15-31-20(14-24(22)32-27)2-1-3-25(33)17-6-10-19(29)11-7-17;/h4-13,20,31-32H,1-3,14-15H2;1H. The zero-order valence-corrected chi connectivity index (χ0v) is 19.2. The van der Waals surface area contributed by atoms with Gasteiger partial charge in [0.25, 0.3) is 0 Å². The maximum Gasteiger partial charge on any atom is 0.162 e. The van der Waals surface area contributed by atoms with Crippen molar-refractivity contribution in [2.45, 2.75) is 38.3 Å². The molecule has 0 amide bonds. The summed E-state index contributed by atoms with van der Waals surface area (Å²) >= 11 is 0. The molecule has 0 saturated carbocycles. The Morgan fingerprint density at radius 3 is 2.29 bits per heavy atom. The molecule has 0 fully saturated rings. The molecule has 5 rings (SSSR count). The van der Waals surface area contributed by atoms with E-state index >= 15 is 0 Å². The molecule has 0 radical (unpaired) electrons. The monoisotopic (exact) mass is 484 g/mol. The third-order valence-corrected chi connectivity index (χ3v) is 6.39. The van der Waals surface area contributed by atoms with Crippen molar-refractivity contribution < 1.29 is 18.0 Å². The Bertz CT molecular complexity index is 1320. The fourth-order valence-corrected chi connectivity index (χ4v) is 4.69. The van der Waals surface area contributed by atoms with Crippen LogP contribution in [0.25, 0.3) is 22.0 Å².